The van der Waals surface area contributed by atoms with Gasteiger partial charge < -0.3 is 8.98 Å². The van der Waals surface area contributed by atoms with E-state index in [0.717, 1.165) is 66.1 Å². The molecule has 0 saturated heterocycles. The van der Waals surface area contributed by atoms with Gasteiger partial charge in [-0.25, -0.2) is 15.0 Å². The molecule has 274 valence electrons. The van der Waals surface area contributed by atoms with E-state index in [4.69, 9.17) is 19.4 Å². The molecule has 0 bridgehead atoms. The first-order valence-electron chi connectivity index (χ1n) is 19.8. The number of hydrogen-bond donors (Lipinski definition) is 0. The zero-order valence-corrected chi connectivity index (χ0v) is 32.2. The van der Waals surface area contributed by atoms with Crippen LogP contribution < -0.4 is 0 Å². The summed E-state index contributed by atoms with van der Waals surface area (Å²) in [7, 11) is 0. The smallest absolute Gasteiger partial charge is 0.164 e. The summed E-state index contributed by atoms with van der Waals surface area (Å²) in [6.07, 6.45) is 0. The number of hydrogen-bond acceptors (Lipinski definition) is 5. The second kappa shape index (κ2) is 12.4. The second-order valence-corrected chi connectivity index (χ2v) is 16.2. The van der Waals surface area contributed by atoms with Crippen molar-refractivity contribution in [2.75, 3.05) is 0 Å². The molecule has 59 heavy (non-hydrogen) atoms. The summed E-state index contributed by atoms with van der Waals surface area (Å²) in [5.41, 5.74) is 7.78. The minimum absolute atomic E-state index is 0.594. The third-order valence-electron chi connectivity index (χ3n) is 11.8. The molecular formula is C53H30N4OS. The van der Waals surface area contributed by atoms with Crippen LogP contribution in [0.4, 0.5) is 0 Å². The van der Waals surface area contributed by atoms with Crippen molar-refractivity contribution in [3.63, 3.8) is 0 Å². The number of nitrogens with zero attached hydrogens (tertiary/aromatic N) is 4. The molecule has 0 amide bonds. The van der Waals surface area contributed by atoms with Crippen molar-refractivity contribution in [1.29, 1.82) is 0 Å². The Kier molecular flexibility index (Phi) is 6.82. The molecule has 4 heterocycles. The molecule has 0 radical (unpaired) electrons. The predicted octanol–water partition coefficient (Wildman–Crippen LogP) is 14.5. The standard InChI is InChI=1S/C53H30N4OS/c1-2-13-31(14-3-1)51-54-52(34-25-26-38-37-19-9-11-24-47(37)59-48(38)29-34)56-53(55-51)40-21-12-23-46-49(40)42-30-45(35-17-6-7-20-39(35)50(42)58-46)57-43-22-10-8-18-36(43)41-27-32-15-4-5-16-33(32)28-44(41)57/h1-30H. The highest BCUT2D eigenvalue weighted by atomic mass is 32.1. The average molecular weight is 771 g/mol. The fraction of sp³-hybridized carbons (Fsp3) is 0. The van der Waals surface area contributed by atoms with Crippen molar-refractivity contribution < 1.29 is 4.42 Å². The summed E-state index contributed by atoms with van der Waals surface area (Å²) < 4.78 is 11.8. The van der Waals surface area contributed by atoms with Gasteiger partial charge in [0.2, 0.25) is 0 Å². The summed E-state index contributed by atoms with van der Waals surface area (Å²) >= 11 is 1.79. The zero-order valence-electron chi connectivity index (χ0n) is 31.4. The molecule has 13 aromatic rings. The molecule has 9 aromatic carbocycles. The predicted molar refractivity (Wildman–Crippen MR) is 246 cm³/mol. The van der Waals surface area contributed by atoms with Gasteiger partial charge in [-0.1, -0.05) is 140 Å². The van der Waals surface area contributed by atoms with Gasteiger partial charge in [-0.05, 0) is 53.2 Å². The van der Waals surface area contributed by atoms with Crippen molar-refractivity contribution in [3.05, 3.63) is 182 Å². The van der Waals surface area contributed by atoms with E-state index in [1.807, 2.05) is 24.3 Å². The molecular weight excluding hydrogens is 741 g/mol. The third-order valence-corrected chi connectivity index (χ3v) is 12.9. The van der Waals surface area contributed by atoms with Crippen LogP contribution in [-0.2, 0) is 0 Å². The van der Waals surface area contributed by atoms with E-state index in [1.54, 1.807) is 11.3 Å². The van der Waals surface area contributed by atoms with E-state index in [-0.39, 0.29) is 0 Å². The van der Waals surface area contributed by atoms with Gasteiger partial charge in [0, 0.05) is 69.2 Å². The van der Waals surface area contributed by atoms with Crippen LogP contribution in [0.3, 0.4) is 0 Å². The van der Waals surface area contributed by atoms with Gasteiger partial charge in [-0.2, -0.15) is 0 Å². The lowest BCUT2D eigenvalue weighted by atomic mass is 10.0. The van der Waals surface area contributed by atoms with Gasteiger partial charge >= 0.3 is 0 Å². The highest BCUT2D eigenvalue weighted by Crippen LogP contribution is 2.44. The number of fused-ring (bicyclic) bond motifs is 12. The Labute approximate surface area is 341 Å². The Balaban J connectivity index is 1.09. The van der Waals surface area contributed by atoms with Gasteiger partial charge in [0.15, 0.2) is 17.5 Å². The number of para-hydroxylation sites is 1. The van der Waals surface area contributed by atoms with Crippen molar-refractivity contribution in [2.45, 2.75) is 0 Å². The zero-order chi connectivity index (χ0) is 38.6. The topological polar surface area (TPSA) is 56.7 Å². The molecule has 13 rings (SSSR count). The van der Waals surface area contributed by atoms with Crippen LogP contribution in [0, 0.1) is 0 Å². The number of furan rings is 1. The Bertz CT molecular complexity index is 3860. The van der Waals surface area contributed by atoms with Crippen LogP contribution in [0.25, 0.3) is 125 Å². The molecule has 0 aliphatic heterocycles. The van der Waals surface area contributed by atoms with E-state index in [1.165, 1.54) is 41.7 Å². The Morgan fingerprint density at radius 3 is 1.95 bits per heavy atom. The minimum Gasteiger partial charge on any atom is -0.455 e. The molecule has 0 saturated carbocycles. The Morgan fingerprint density at radius 2 is 1.08 bits per heavy atom. The number of rotatable bonds is 4. The normalized spacial score (nSPS) is 12.1. The third kappa shape index (κ3) is 4.87. The number of aromatic nitrogens is 4. The van der Waals surface area contributed by atoms with Crippen LogP contribution in [-0.4, -0.2) is 19.5 Å². The fourth-order valence-electron chi connectivity index (χ4n) is 9.12. The van der Waals surface area contributed by atoms with Crippen LogP contribution in [0.2, 0.25) is 0 Å². The van der Waals surface area contributed by atoms with Crippen molar-refractivity contribution in [2.24, 2.45) is 0 Å². The van der Waals surface area contributed by atoms with E-state index in [0.29, 0.717) is 17.5 Å². The second-order valence-electron chi connectivity index (χ2n) is 15.1. The summed E-state index contributed by atoms with van der Waals surface area (Å²) in [6, 6.07) is 64.4. The summed E-state index contributed by atoms with van der Waals surface area (Å²) in [5.74, 6) is 1.84. The molecule has 0 spiro atoms. The highest BCUT2D eigenvalue weighted by Gasteiger charge is 2.23. The summed E-state index contributed by atoms with van der Waals surface area (Å²) in [6.45, 7) is 0. The number of benzene rings is 9. The van der Waals surface area contributed by atoms with Crippen LogP contribution in [0.1, 0.15) is 0 Å². The molecule has 0 fully saturated rings. The Hall–Kier alpha value is -7.67. The van der Waals surface area contributed by atoms with E-state index >= 15 is 0 Å². The average Bonchev–Trinajstić information content (AvgIpc) is 3.97. The largest absolute Gasteiger partial charge is 0.455 e. The van der Waals surface area contributed by atoms with Crippen LogP contribution in [0.15, 0.2) is 186 Å². The van der Waals surface area contributed by atoms with Crippen molar-refractivity contribution in [3.8, 4) is 39.9 Å². The van der Waals surface area contributed by atoms with Crippen molar-refractivity contribution >= 4 is 96.8 Å². The molecule has 0 aliphatic carbocycles. The van der Waals surface area contributed by atoms with E-state index in [9.17, 15) is 0 Å². The quantitative estimate of drug-likeness (QED) is 0.179. The molecule has 0 aliphatic rings. The molecule has 4 aromatic heterocycles. The first-order chi connectivity index (χ1) is 29.2. The summed E-state index contributed by atoms with van der Waals surface area (Å²) in [4.78, 5) is 15.6. The minimum atomic E-state index is 0.594. The van der Waals surface area contributed by atoms with E-state index < -0.39 is 0 Å². The lowest BCUT2D eigenvalue weighted by molar-refractivity contribution is 0.672. The number of thiophene rings is 1. The van der Waals surface area contributed by atoms with Gasteiger partial charge in [0.25, 0.3) is 0 Å². The van der Waals surface area contributed by atoms with Gasteiger partial charge in [0.1, 0.15) is 11.2 Å². The molecule has 6 heteroatoms. The fourth-order valence-corrected chi connectivity index (χ4v) is 10.3. The Morgan fingerprint density at radius 1 is 0.407 bits per heavy atom. The molecule has 0 unspecified atom stereocenters. The maximum atomic E-state index is 6.86. The van der Waals surface area contributed by atoms with Gasteiger partial charge in [-0.3, -0.25) is 0 Å². The van der Waals surface area contributed by atoms with Gasteiger partial charge in [0.05, 0.1) is 16.7 Å². The first-order valence-corrected chi connectivity index (χ1v) is 20.6. The lowest BCUT2D eigenvalue weighted by Crippen LogP contribution is -2.00. The van der Waals surface area contributed by atoms with Crippen LogP contribution in [0.5, 0.6) is 0 Å². The molecule has 5 nitrogen and oxygen atoms in total. The lowest BCUT2D eigenvalue weighted by Gasteiger charge is -2.13. The van der Waals surface area contributed by atoms with Crippen molar-refractivity contribution in [1.82, 2.24) is 19.5 Å². The monoisotopic (exact) mass is 770 g/mol. The maximum absolute atomic E-state index is 6.86. The molecule has 0 atom stereocenters. The highest BCUT2D eigenvalue weighted by molar-refractivity contribution is 7.25. The SMILES string of the molecule is c1ccc(-c2nc(-c3ccc4c(c3)sc3ccccc34)nc(-c3cccc4oc5c6ccccc6c(-n6c7ccccc7c7cc8ccccc8cc76)cc5c34)n2)cc1. The summed E-state index contributed by atoms with van der Waals surface area (Å²) in [5, 5.41) is 11.5. The van der Waals surface area contributed by atoms with E-state index in [2.05, 4.69) is 162 Å². The first kappa shape index (κ1) is 32.4. The molecule has 0 N–H and O–H groups in total. The maximum Gasteiger partial charge on any atom is 0.164 e. The van der Waals surface area contributed by atoms with Crippen LogP contribution >= 0.6 is 11.3 Å². The van der Waals surface area contributed by atoms with Gasteiger partial charge in [-0.15, -0.1) is 11.3 Å².